The molecule has 1 aromatic rings. The Kier molecular flexibility index (Phi) is 4.78. The van der Waals surface area contributed by atoms with Gasteiger partial charge in [-0.3, -0.25) is 15.0 Å². The highest BCUT2D eigenvalue weighted by molar-refractivity contribution is 7.10. The summed E-state index contributed by atoms with van der Waals surface area (Å²) >= 11 is 1.82. The van der Waals surface area contributed by atoms with Crippen LogP contribution in [-0.4, -0.2) is 36.5 Å². The smallest absolute Gasteiger partial charge is 0.321 e. The molecule has 0 radical (unpaired) electrons. The summed E-state index contributed by atoms with van der Waals surface area (Å²) in [5.41, 5.74) is 1.40. The van der Waals surface area contributed by atoms with Crippen LogP contribution in [0.2, 0.25) is 0 Å². The van der Waals surface area contributed by atoms with E-state index in [1.54, 1.807) is 0 Å². The lowest BCUT2D eigenvalue weighted by atomic mass is 9.96. The first-order valence-corrected chi connectivity index (χ1v) is 8.95. The second-order valence-electron chi connectivity index (χ2n) is 6.11. The Morgan fingerprint density at radius 3 is 2.95 bits per heavy atom. The van der Waals surface area contributed by atoms with Gasteiger partial charge in [-0.25, -0.2) is 4.79 Å². The largest absolute Gasteiger partial charge is 0.338 e. The van der Waals surface area contributed by atoms with Gasteiger partial charge in [-0.15, -0.1) is 11.3 Å². The molecule has 1 saturated carbocycles. The molecule has 0 unspecified atom stereocenters. The minimum absolute atomic E-state index is 0.210. The topological polar surface area (TPSA) is 61.4 Å². The molecule has 5 nitrogen and oxygen atoms in total. The monoisotopic (exact) mass is 321 g/mol. The molecule has 22 heavy (non-hydrogen) atoms. The highest BCUT2D eigenvalue weighted by Gasteiger charge is 2.40. The molecule has 3 rings (SSSR count). The highest BCUT2D eigenvalue weighted by atomic mass is 32.1. The van der Waals surface area contributed by atoms with Gasteiger partial charge in [0.25, 0.3) is 0 Å². The van der Waals surface area contributed by atoms with Crippen LogP contribution in [0.1, 0.15) is 42.7 Å². The van der Waals surface area contributed by atoms with Gasteiger partial charge < -0.3 is 5.32 Å². The van der Waals surface area contributed by atoms with Crippen LogP contribution < -0.4 is 10.6 Å². The van der Waals surface area contributed by atoms with Gasteiger partial charge in [-0.2, -0.15) is 0 Å². The fourth-order valence-corrected chi connectivity index (χ4v) is 4.09. The molecule has 0 spiro atoms. The second-order valence-corrected chi connectivity index (χ2v) is 7.11. The Morgan fingerprint density at radius 2 is 2.23 bits per heavy atom. The number of carbonyl (C=O) groups excluding carboxylic acids is 2. The summed E-state index contributed by atoms with van der Waals surface area (Å²) in [6.07, 6.45) is 4.36. The quantitative estimate of drug-likeness (QED) is 0.875. The third-order valence-corrected chi connectivity index (χ3v) is 5.32. The molecular weight excluding hydrogens is 298 g/mol. The SMILES string of the molecule is CCCNC(=O)NC(=O)CN1CCc2sccc2[C@@H]1C1CC1. The molecule has 2 aliphatic rings. The van der Waals surface area contributed by atoms with Gasteiger partial charge >= 0.3 is 6.03 Å². The van der Waals surface area contributed by atoms with Crippen LogP contribution in [0.15, 0.2) is 11.4 Å². The molecule has 0 bridgehead atoms. The van der Waals surface area contributed by atoms with Crippen LogP contribution in [-0.2, 0) is 11.2 Å². The van der Waals surface area contributed by atoms with Gasteiger partial charge in [0, 0.05) is 24.0 Å². The van der Waals surface area contributed by atoms with Gasteiger partial charge in [0.15, 0.2) is 0 Å². The van der Waals surface area contributed by atoms with Crippen molar-refractivity contribution in [1.82, 2.24) is 15.5 Å². The van der Waals surface area contributed by atoms with E-state index < -0.39 is 0 Å². The predicted molar refractivity (Wildman–Crippen MR) is 86.9 cm³/mol. The van der Waals surface area contributed by atoms with Crippen molar-refractivity contribution in [3.63, 3.8) is 0 Å². The number of hydrogen-bond donors (Lipinski definition) is 2. The Hall–Kier alpha value is -1.40. The summed E-state index contributed by atoms with van der Waals surface area (Å²) in [7, 11) is 0. The van der Waals surface area contributed by atoms with Crippen molar-refractivity contribution in [3.8, 4) is 0 Å². The zero-order valence-electron chi connectivity index (χ0n) is 12.9. The van der Waals surface area contributed by atoms with E-state index in [2.05, 4.69) is 27.0 Å². The van der Waals surface area contributed by atoms with Gasteiger partial charge in [-0.1, -0.05) is 6.92 Å². The maximum atomic E-state index is 12.1. The van der Waals surface area contributed by atoms with Crippen LogP contribution in [0.4, 0.5) is 4.79 Å². The minimum atomic E-state index is -0.386. The van der Waals surface area contributed by atoms with Crippen molar-refractivity contribution in [1.29, 1.82) is 0 Å². The van der Waals surface area contributed by atoms with Gasteiger partial charge in [0.1, 0.15) is 0 Å². The number of fused-ring (bicyclic) bond motifs is 1. The summed E-state index contributed by atoms with van der Waals surface area (Å²) in [5.74, 6) is 0.466. The molecule has 120 valence electrons. The van der Waals surface area contributed by atoms with Gasteiger partial charge in [0.05, 0.1) is 6.54 Å². The number of carbonyl (C=O) groups is 2. The summed E-state index contributed by atoms with van der Waals surface area (Å²) in [6, 6.07) is 2.18. The standard InChI is InChI=1S/C16H23N3O2S/c1-2-7-17-16(21)18-14(20)10-19-8-5-13-12(6-9-22-13)15(19)11-3-4-11/h6,9,11,15H,2-5,7-8,10H2,1H3,(H2,17,18,20,21)/t15-/m0/s1. The number of nitrogens with zero attached hydrogens (tertiary/aromatic N) is 1. The van der Waals surface area contributed by atoms with Crippen molar-refractivity contribution in [2.45, 2.75) is 38.6 Å². The zero-order chi connectivity index (χ0) is 15.5. The second kappa shape index (κ2) is 6.79. The normalized spacial score (nSPS) is 21.2. The number of thiophene rings is 1. The van der Waals surface area contributed by atoms with Crippen LogP contribution >= 0.6 is 11.3 Å². The summed E-state index contributed by atoms with van der Waals surface area (Å²) < 4.78 is 0. The Balaban J connectivity index is 1.60. The maximum absolute atomic E-state index is 12.1. The van der Waals surface area contributed by atoms with E-state index in [9.17, 15) is 9.59 Å². The third-order valence-electron chi connectivity index (χ3n) is 4.32. The average Bonchev–Trinajstić information content (AvgIpc) is 3.21. The number of nitrogens with one attached hydrogen (secondary N) is 2. The lowest BCUT2D eigenvalue weighted by molar-refractivity contribution is -0.122. The first-order valence-electron chi connectivity index (χ1n) is 8.07. The van der Waals surface area contributed by atoms with E-state index in [-0.39, 0.29) is 11.9 Å². The Bertz CT molecular complexity index is 553. The van der Waals surface area contributed by atoms with Crippen molar-refractivity contribution < 1.29 is 9.59 Å². The molecule has 0 aromatic carbocycles. The first-order chi connectivity index (χ1) is 10.7. The fraction of sp³-hybridized carbons (Fsp3) is 0.625. The van der Waals surface area contributed by atoms with Crippen molar-refractivity contribution >= 4 is 23.3 Å². The minimum Gasteiger partial charge on any atom is -0.338 e. The molecule has 1 aliphatic heterocycles. The van der Waals surface area contributed by atoms with Crippen LogP contribution in [0.3, 0.4) is 0 Å². The molecular formula is C16H23N3O2S. The van der Waals surface area contributed by atoms with Crippen molar-refractivity contribution in [2.75, 3.05) is 19.6 Å². The van der Waals surface area contributed by atoms with E-state index >= 15 is 0 Å². The van der Waals surface area contributed by atoms with Crippen molar-refractivity contribution in [2.24, 2.45) is 5.92 Å². The molecule has 2 N–H and O–H groups in total. The average molecular weight is 321 g/mol. The molecule has 3 amide bonds. The fourth-order valence-electron chi connectivity index (χ4n) is 3.17. The number of hydrogen-bond acceptors (Lipinski definition) is 4. The van der Waals surface area contributed by atoms with Crippen LogP contribution in [0, 0.1) is 5.92 Å². The van der Waals surface area contributed by atoms with E-state index in [1.807, 2.05) is 18.3 Å². The van der Waals surface area contributed by atoms with E-state index in [0.717, 1.165) is 19.4 Å². The molecule has 1 aromatic heterocycles. The molecule has 1 atom stereocenters. The number of imide groups is 1. The summed E-state index contributed by atoms with van der Waals surface area (Å²) in [6.45, 7) is 3.77. The van der Waals surface area contributed by atoms with Crippen LogP contribution in [0.5, 0.6) is 0 Å². The summed E-state index contributed by atoms with van der Waals surface area (Å²) in [5, 5.41) is 7.26. The first kappa shape index (κ1) is 15.5. The number of rotatable bonds is 5. The molecule has 1 fully saturated rings. The number of urea groups is 1. The Morgan fingerprint density at radius 1 is 1.41 bits per heavy atom. The van der Waals surface area contributed by atoms with Gasteiger partial charge in [0.2, 0.25) is 5.91 Å². The lowest BCUT2D eigenvalue weighted by Gasteiger charge is -2.35. The predicted octanol–water partition coefficient (Wildman–Crippen LogP) is 2.29. The van der Waals surface area contributed by atoms with Crippen molar-refractivity contribution in [3.05, 3.63) is 21.9 Å². The van der Waals surface area contributed by atoms with E-state index in [0.29, 0.717) is 25.0 Å². The molecule has 2 heterocycles. The molecule has 1 aliphatic carbocycles. The van der Waals surface area contributed by atoms with Crippen LogP contribution in [0.25, 0.3) is 0 Å². The molecule has 6 heteroatoms. The van der Waals surface area contributed by atoms with E-state index in [1.165, 1.54) is 23.3 Å². The van der Waals surface area contributed by atoms with Gasteiger partial charge in [-0.05, 0) is 48.6 Å². The third kappa shape index (κ3) is 3.50. The number of amides is 3. The molecule has 0 saturated heterocycles. The Labute approximate surface area is 135 Å². The highest BCUT2D eigenvalue weighted by Crippen LogP contribution is 2.48. The van der Waals surface area contributed by atoms with E-state index in [4.69, 9.17) is 0 Å². The summed E-state index contributed by atoms with van der Waals surface area (Å²) in [4.78, 5) is 27.4. The lowest BCUT2D eigenvalue weighted by Crippen LogP contribution is -2.47. The zero-order valence-corrected chi connectivity index (χ0v) is 13.7. The maximum Gasteiger partial charge on any atom is 0.321 e.